The first-order chi connectivity index (χ1) is 14.5. The third kappa shape index (κ3) is 8.02. The molecular formula is C20H23N3O6S. The highest BCUT2D eigenvalue weighted by molar-refractivity contribution is 7.80. The molecule has 2 amide bonds. The largest absolute Gasteiger partial charge is 0.467 e. The second kappa shape index (κ2) is 12.3. The Bertz CT molecular complexity index is 869. The minimum atomic E-state index is -0.500. The maximum atomic E-state index is 12.5. The second-order valence-electron chi connectivity index (χ2n) is 6.02. The number of carbonyl (C=O) groups is 3. The van der Waals surface area contributed by atoms with E-state index in [0.717, 1.165) is 0 Å². The van der Waals surface area contributed by atoms with Gasteiger partial charge in [-0.1, -0.05) is 12.1 Å². The summed E-state index contributed by atoms with van der Waals surface area (Å²) in [4.78, 5) is 35.9. The van der Waals surface area contributed by atoms with Crippen molar-refractivity contribution >= 4 is 40.8 Å². The molecule has 1 aromatic carbocycles. The summed E-state index contributed by atoms with van der Waals surface area (Å²) < 4.78 is 14.8. The average molecular weight is 433 g/mol. The lowest BCUT2D eigenvalue weighted by Gasteiger charge is -2.13. The molecule has 0 saturated heterocycles. The van der Waals surface area contributed by atoms with Crippen LogP contribution in [-0.2, 0) is 25.6 Å². The van der Waals surface area contributed by atoms with E-state index in [0.29, 0.717) is 23.6 Å². The highest BCUT2D eigenvalue weighted by Gasteiger charge is 2.14. The van der Waals surface area contributed by atoms with Gasteiger partial charge in [0.05, 0.1) is 37.1 Å². The Morgan fingerprint density at radius 1 is 1.07 bits per heavy atom. The highest BCUT2D eigenvalue weighted by atomic mass is 32.1. The van der Waals surface area contributed by atoms with Gasteiger partial charge in [-0.15, -0.1) is 0 Å². The number of para-hydroxylation sites is 1. The molecule has 0 spiro atoms. The van der Waals surface area contributed by atoms with Crippen LogP contribution in [0, 0.1) is 0 Å². The van der Waals surface area contributed by atoms with Crippen molar-refractivity contribution in [3.63, 3.8) is 0 Å². The summed E-state index contributed by atoms with van der Waals surface area (Å²) in [5.41, 5.74) is 0.779. The number of ether oxygens (including phenoxy) is 2. The number of hydrogen-bond donors (Lipinski definition) is 3. The number of hydrogen-bond acceptors (Lipinski definition) is 7. The van der Waals surface area contributed by atoms with Crippen LogP contribution >= 0.6 is 12.2 Å². The molecule has 2 aromatic rings. The predicted octanol–water partition coefficient (Wildman–Crippen LogP) is 1.99. The van der Waals surface area contributed by atoms with Gasteiger partial charge >= 0.3 is 5.97 Å². The van der Waals surface area contributed by atoms with Gasteiger partial charge in [0, 0.05) is 13.5 Å². The van der Waals surface area contributed by atoms with Crippen molar-refractivity contribution in [2.45, 2.75) is 19.4 Å². The van der Waals surface area contributed by atoms with Crippen molar-refractivity contribution in [1.82, 2.24) is 10.6 Å². The Balaban J connectivity index is 1.82. The smallest absolute Gasteiger partial charge is 0.306 e. The molecule has 0 saturated carbocycles. The van der Waals surface area contributed by atoms with Crippen molar-refractivity contribution in [2.24, 2.45) is 0 Å². The van der Waals surface area contributed by atoms with Gasteiger partial charge in [-0.05, 0) is 36.5 Å². The minimum Gasteiger partial charge on any atom is -0.467 e. The molecule has 2 rings (SSSR count). The third-order valence-corrected chi connectivity index (χ3v) is 3.99. The summed E-state index contributed by atoms with van der Waals surface area (Å²) in [7, 11) is 1.50. The number of benzene rings is 1. The van der Waals surface area contributed by atoms with E-state index in [2.05, 4.69) is 16.0 Å². The Labute approximate surface area is 179 Å². The summed E-state index contributed by atoms with van der Waals surface area (Å²) in [6, 6.07) is 10.2. The molecule has 9 nitrogen and oxygen atoms in total. The lowest BCUT2D eigenvalue weighted by Crippen LogP contribution is -2.35. The van der Waals surface area contributed by atoms with Crippen LogP contribution in [0.2, 0.25) is 0 Å². The van der Waals surface area contributed by atoms with Crippen molar-refractivity contribution in [1.29, 1.82) is 0 Å². The van der Waals surface area contributed by atoms with Crippen molar-refractivity contribution in [3.8, 4) is 0 Å². The van der Waals surface area contributed by atoms with Gasteiger partial charge in [-0.25, -0.2) is 0 Å². The molecule has 0 bridgehead atoms. The molecule has 0 unspecified atom stereocenters. The highest BCUT2D eigenvalue weighted by Crippen LogP contribution is 2.15. The summed E-state index contributed by atoms with van der Waals surface area (Å²) in [5, 5.41) is 8.06. The lowest BCUT2D eigenvalue weighted by molar-refractivity contribution is -0.146. The van der Waals surface area contributed by atoms with E-state index in [9.17, 15) is 14.4 Å². The van der Waals surface area contributed by atoms with Crippen molar-refractivity contribution < 1.29 is 28.3 Å². The number of esters is 1. The zero-order chi connectivity index (χ0) is 21.8. The summed E-state index contributed by atoms with van der Waals surface area (Å²) >= 11 is 5.13. The van der Waals surface area contributed by atoms with Gasteiger partial charge in [0.25, 0.3) is 5.91 Å². The number of methoxy groups -OCH3 is 1. The predicted molar refractivity (Wildman–Crippen MR) is 113 cm³/mol. The molecule has 3 N–H and O–H groups in total. The molecular weight excluding hydrogens is 410 g/mol. The van der Waals surface area contributed by atoms with Gasteiger partial charge in [0.2, 0.25) is 5.91 Å². The number of furan rings is 1. The topological polar surface area (TPSA) is 119 Å². The number of nitrogens with one attached hydrogen (secondary N) is 3. The van der Waals surface area contributed by atoms with E-state index in [-0.39, 0.29) is 37.0 Å². The lowest BCUT2D eigenvalue weighted by atomic mass is 10.1. The standard InChI is InChI=1S/C20H23N3O6S/c1-27-11-12-29-18(25)9-8-17(24)23-20(30)22-16-7-3-2-6-15(16)19(26)21-13-14-5-4-10-28-14/h2-7,10H,8-9,11-13H2,1H3,(H,21,26)(H2,22,23,24,30). The fourth-order valence-corrected chi connectivity index (χ4v) is 2.56. The van der Waals surface area contributed by atoms with E-state index in [1.807, 2.05) is 0 Å². The van der Waals surface area contributed by atoms with Gasteiger partial charge in [-0.3, -0.25) is 14.4 Å². The molecule has 1 heterocycles. The van der Waals surface area contributed by atoms with Crippen LogP contribution in [0.3, 0.4) is 0 Å². The van der Waals surface area contributed by atoms with Crippen molar-refractivity contribution in [3.05, 3.63) is 54.0 Å². The van der Waals surface area contributed by atoms with Gasteiger partial charge < -0.3 is 29.8 Å². The third-order valence-electron chi connectivity index (χ3n) is 3.78. The molecule has 10 heteroatoms. The van der Waals surface area contributed by atoms with Crippen LogP contribution in [0.15, 0.2) is 47.1 Å². The van der Waals surface area contributed by atoms with Crippen LogP contribution in [0.5, 0.6) is 0 Å². The average Bonchev–Trinajstić information content (AvgIpc) is 3.25. The first kappa shape index (κ1) is 23.0. The first-order valence-corrected chi connectivity index (χ1v) is 9.55. The molecule has 0 fully saturated rings. The number of amides is 2. The Hall–Kier alpha value is -3.24. The Kier molecular flexibility index (Phi) is 9.49. The van der Waals surface area contributed by atoms with Crippen LogP contribution < -0.4 is 16.0 Å². The van der Waals surface area contributed by atoms with E-state index in [1.54, 1.807) is 36.4 Å². The quantitative estimate of drug-likeness (QED) is 0.296. The zero-order valence-corrected chi connectivity index (χ0v) is 17.3. The van der Waals surface area contributed by atoms with E-state index in [1.165, 1.54) is 13.4 Å². The molecule has 160 valence electrons. The number of rotatable bonds is 10. The maximum Gasteiger partial charge on any atom is 0.306 e. The SMILES string of the molecule is COCCOC(=O)CCC(=O)NC(=S)Nc1ccccc1C(=O)NCc1ccco1. The monoisotopic (exact) mass is 433 g/mol. The van der Waals surface area contributed by atoms with Gasteiger partial charge in [-0.2, -0.15) is 0 Å². The molecule has 0 aliphatic carbocycles. The van der Waals surface area contributed by atoms with Crippen LogP contribution in [0.4, 0.5) is 5.69 Å². The summed E-state index contributed by atoms with van der Waals surface area (Å²) in [6.07, 6.45) is 1.36. The fraction of sp³-hybridized carbons (Fsp3) is 0.300. The van der Waals surface area contributed by atoms with E-state index in [4.69, 9.17) is 26.1 Å². The number of anilines is 1. The maximum absolute atomic E-state index is 12.5. The number of thiocarbonyl (C=S) groups is 1. The van der Waals surface area contributed by atoms with Crippen LogP contribution in [-0.4, -0.2) is 43.2 Å². The fourth-order valence-electron chi connectivity index (χ4n) is 2.34. The zero-order valence-electron chi connectivity index (χ0n) is 16.4. The first-order valence-electron chi connectivity index (χ1n) is 9.14. The van der Waals surface area contributed by atoms with Gasteiger partial charge in [0.15, 0.2) is 5.11 Å². The Morgan fingerprint density at radius 2 is 1.87 bits per heavy atom. The van der Waals surface area contributed by atoms with Gasteiger partial charge in [0.1, 0.15) is 12.4 Å². The number of carbonyl (C=O) groups excluding carboxylic acids is 3. The van der Waals surface area contributed by atoms with Crippen LogP contribution in [0.25, 0.3) is 0 Å². The summed E-state index contributed by atoms with van der Waals surface area (Å²) in [5.74, 6) is -0.657. The molecule has 0 radical (unpaired) electrons. The van der Waals surface area contributed by atoms with E-state index < -0.39 is 11.9 Å². The summed E-state index contributed by atoms with van der Waals surface area (Å²) in [6.45, 7) is 0.665. The molecule has 1 aromatic heterocycles. The van der Waals surface area contributed by atoms with Crippen LogP contribution in [0.1, 0.15) is 29.0 Å². The Morgan fingerprint density at radius 3 is 2.60 bits per heavy atom. The van der Waals surface area contributed by atoms with E-state index >= 15 is 0 Å². The second-order valence-corrected chi connectivity index (χ2v) is 6.43. The molecule has 30 heavy (non-hydrogen) atoms. The normalized spacial score (nSPS) is 10.2. The molecule has 0 atom stereocenters. The molecule has 0 aliphatic heterocycles. The molecule has 0 aliphatic rings. The minimum absolute atomic E-state index is 0.0130. The van der Waals surface area contributed by atoms with Crippen molar-refractivity contribution in [2.75, 3.05) is 25.6 Å².